The summed E-state index contributed by atoms with van der Waals surface area (Å²) in [5.74, 6) is 0.583. The fourth-order valence-corrected chi connectivity index (χ4v) is 1.83. The van der Waals surface area contributed by atoms with Crippen LogP contribution < -0.4 is 0 Å². The van der Waals surface area contributed by atoms with E-state index in [1.54, 1.807) is 30.3 Å². The van der Waals surface area contributed by atoms with Crippen LogP contribution >= 0.6 is 0 Å². The molecule has 0 saturated carbocycles. The number of nitrogens with zero attached hydrogens (tertiary/aromatic N) is 1. The van der Waals surface area contributed by atoms with Crippen LogP contribution in [0.25, 0.3) is 0 Å². The van der Waals surface area contributed by atoms with Gasteiger partial charge < -0.3 is 9.32 Å². The Labute approximate surface area is 111 Å². The van der Waals surface area contributed by atoms with Crippen molar-refractivity contribution in [2.75, 3.05) is 7.05 Å². The van der Waals surface area contributed by atoms with E-state index in [0.717, 1.165) is 11.3 Å². The minimum Gasteiger partial charge on any atom is -0.469 e. The molecule has 0 atom stereocenters. The van der Waals surface area contributed by atoms with Crippen molar-refractivity contribution >= 4 is 5.91 Å². The monoisotopic (exact) mass is 261 g/mol. The second kappa shape index (κ2) is 6.18. The van der Waals surface area contributed by atoms with E-state index in [4.69, 9.17) is 4.42 Å². The highest BCUT2D eigenvalue weighted by Gasteiger charge is 2.10. The van der Waals surface area contributed by atoms with Crippen molar-refractivity contribution in [1.82, 2.24) is 4.90 Å². The van der Waals surface area contributed by atoms with Gasteiger partial charge >= 0.3 is 0 Å². The van der Waals surface area contributed by atoms with Gasteiger partial charge in [-0.05, 0) is 29.8 Å². The lowest BCUT2D eigenvalue weighted by Crippen LogP contribution is -2.26. The van der Waals surface area contributed by atoms with Crippen molar-refractivity contribution in [3.05, 3.63) is 59.8 Å². The molecule has 4 heteroatoms. The number of halogens is 1. The van der Waals surface area contributed by atoms with Crippen LogP contribution in [0.1, 0.15) is 17.7 Å². The molecule has 0 spiro atoms. The molecule has 2 aromatic rings. The lowest BCUT2D eigenvalue weighted by molar-refractivity contribution is -0.130. The Morgan fingerprint density at radius 2 is 2.00 bits per heavy atom. The van der Waals surface area contributed by atoms with E-state index in [1.807, 2.05) is 12.1 Å². The van der Waals surface area contributed by atoms with Crippen LogP contribution in [0, 0.1) is 5.82 Å². The zero-order valence-corrected chi connectivity index (χ0v) is 10.8. The maximum Gasteiger partial charge on any atom is 0.223 e. The Bertz CT molecular complexity index is 520. The molecule has 3 nitrogen and oxygen atoms in total. The van der Waals surface area contributed by atoms with Gasteiger partial charge in [-0.2, -0.15) is 0 Å². The van der Waals surface area contributed by atoms with Gasteiger partial charge in [0.15, 0.2) is 0 Å². The molecule has 0 aliphatic carbocycles. The Hall–Kier alpha value is -2.10. The highest BCUT2D eigenvalue weighted by molar-refractivity contribution is 5.76. The summed E-state index contributed by atoms with van der Waals surface area (Å²) in [5.41, 5.74) is 0.912. The van der Waals surface area contributed by atoms with Crippen molar-refractivity contribution in [2.45, 2.75) is 19.4 Å². The van der Waals surface area contributed by atoms with E-state index in [1.165, 1.54) is 12.1 Å². The van der Waals surface area contributed by atoms with Crippen LogP contribution in [0.2, 0.25) is 0 Å². The Kier molecular flexibility index (Phi) is 4.34. The summed E-state index contributed by atoms with van der Waals surface area (Å²) in [6, 6.07) is 9.83. The second-order valence-electron chi connectivity index (χ2n) is 4.46. The smallest absolute Gasteiger partial charge is 0.223 e. The first-order valence-electron chi connectivity index (χ1n) is 6.16. The quantitative estimate of drug-likeness (QED) is 0.829. The summed E-state index contributed by atoms with van der Waals surface area (Å²) in [6.07, 6.45) is 2.60. The molecule has 0 N–H and O–H groups in total. The van der Waals surface area contributed by atoms with Gasteiger partial charge in [0.25, 0.3) is 0 Å². The molecule has 0 aliphatic rings. The number of amides is 1. The number of carbonyl (C=O) groups excluding carboxylic acids is 1. The molecule has 0 radical (unpaired) electrons. The van der Waals surface area contributed by atoms with Crippen LogP contribution in [0.15, 0.2) is 47.1 Å². The van der Waals surface area contributed by atoms with E-state index in [9.17, 15) is 9.18 Å². The lowest BCUT2D eigenvalue weighted by atomic mass is 10.2. The summed E-state index contributed by atoms with van der Waals surface area (Å²) in [6.45, 7) is 0.483. The van der Waals surface area contributed by atoms with Gasteiger partial charge in [0, 0.05) is 26.4 Å². The van der Waals surface area contributed by atoms with Gasteiger partial charge in [-0.1, -0.05) is 12.1 Å². The number of carbonyl (C=O) groups is 1. The fourth-order valence-electron chi connectivity index (χ4n) is 1.83. The molecular weight excluding hydrogens is 245 g/mol. The van der Waals surface area contributed by atoms with E-state index in [-0.39, 0.29) is 11.7 Å². The van der Waals surface area contributed by atoms with Gasteiger partial charge in [0.1, 0.15) is 11.6 Å². The standard InChI is InChI=1S/C15H16FNO2/c1-17(11-12-4-6-13(16)7-5-12)15(18)9-8-14-3-2-10-19-14/h2-7,10H,8-9,11H2,1H3. The summed E-state index contributed by atoms with van der Waals surface area (Å²) in [7, 11) is 1.74. The van der Waals surface area contributed by atoms with Crippen molar-refractivity contribution in [2.24, 2.45) is 0 Å². The molecule has 0 fully saturated rings. The van der Waals surface area contributed by atoms with E-state index in [2.05, 4.69) is 0 Å². The lowest BCUT2D eigenvalue weighted by Gasteiger charge is -2.17. The molecule has 100 valence electrons. The maximum atomic E-state index is 12.8. The summed E-state index contributed by atoms with van der Waals surface area (Å²) >= 11 is 0. The number of rotatable bonds is 5. The molecule has 0 bridgehead atoms. The largest absolute Gasteiger partial charge is 0.469 e. The summed E-state index contributed by atoms with van der Waals surface area (Å²) in [4.78, 5) is 13.6. The van der Waals surface area contributed by atoms with Crippen LogP contribution in [0.3, 0.4) is 0 Å². The minimum absolute atomic E-state index is 0.0423. The third-order valence-electron chi connectivity index (χ3n) is 2.92. The fraction of sp³-hybridized carbons (Fsp3) is 0.267. The predicted molar refractivity (Wildman–Crippen MR) is 69.9 cm³/mol. The molecule has 0 unspecified atom stereocenters. The molecule has 1 aromatic heterocycles. The van der Waals surface area contributed by atoms with Crippen LogP contribution in [-0.2, 0) is 17.8 Å². The molecule has 19 heavy (non-hydrogen) atoms. The zero-order chi connectivity index (χ0) is 13.7. The normalized spacial score (nSPS) is 10.4. The summed E-state index contributed by atoms with van der Waals surface area (Å²) < 4.78 is 18.0. The first-order valence-corrected chi connectivity index (χ1v) is 6.16. The van der Waals surface area contributed by atoms with Crippen molar-refractivity contribution in [3.63, 3.8) is 0 Å². The molecule has 1 amide bonds. The number of benzene rings is 1. The average Bonchev–Trinajstić information content (AvgIpc) is 2.91. The number of hydrogen-bond acceptors (Lipinski definition) is 2. The second-order valence-corrected chi connectivity index (χ2v) is 4.46. The highest BCUT2D eigenvalue weighted by Crippen LogP contribution is 2.09. The van der Waals surface area contributed by atoms with Gasteiger partial charge in [-0.15, -0.1) is 0 Å². The van der Waals surface area contributed by atoms with Crippen LogP contribution in [-0.4, -0.2) is 17.9 Å². The van der Waals surface area contributed by atoms with Crippen LogP contribution in [0.5, 0.6) is 0 Å². The van der Waals surface area contributed by atoms with Gasteiger partial charge in [0.05, 0.1) is 6.26 Å². The highest BCUT2D eigenvalue weighted by atomic mass is 19.1. The topological polar surface area (TPSA) is 33.5 Å². The van der Waals surface area contributed by atoms with Crippen molar-refractivity contribution in [1.29, 1.82) is 0 Å². The van der Waals surface area contributed by atoms with E-state index < -0.39 is 0 Å². The van der Waals surface area contributed by atoms with E-state index >= 15 is 0 Å². The molecular formula is C15H16FNO2. The number of furan rings is 1. The van der Waals surface area contributed by atoms with Crippen molar-refractivity contribution < 1.29 is 13.6 Å². The third-order valence-corrected chi connectivity index (χ3v) is 2.92. The maximum absolute atomic E-state index is 12.8. The number of hydrogen-bond donors (Lipinski definition) is 0. The van der Waals surface area contributed by atoms with Crippen LogP contribution in [0.4, 0.5) is 4.39 Å². The molecule has 1 heterocycles. The molecule has 0 aliphatic heterocycles. The zero-order valence-electron chi connectivity index (χ0n) is 10.8. The van der Waals surface area contributed by atoms with Crippen molar-refractivity contribution in [3.8, 4) is 0 Å². The number of aryl methyl sites for hydroxylation is 1. The Morgan fingerprint density at radius 1 is 1.26 bits per heavy atom. The molecule has 0 saturated heterocycles. The Balaban J connectivity index is 1.83. The Morgan fingerprint density at radius 3 is 2.63 bits per heavy atom. The SMILES string of the molecule is CN(Cc1ccc(F)cc1)C(=O)CCc1ccco1. The van der Waals surface area contributed by atoms with Gasteiger partial charge in [-0.3, -0.25) is 4.79 Å². The first kappa shape index (κ1) is 13.3. The van der Waals surface area contributed by atoms with E-state index in [0.29, 0.717) is 19.4 Å². The predicted octanol–water partition coefficient (Wildman–Crippen LogP) is 3.01. The third kappa shape index (κ3) is 3.95. The molecule has 1 aromatic carbocycles. The minimum atomic E-state index is -0.268. The van der Waals surface area contributed by atoms with Gasteiger partial charge in [-0.25, -0.2) is 4.39 Å². The average molecular weight is 261 g/mol. The molecule has 2 rings (SSSR count). The van der Waals surface area contributed by atoms with Gasteiger partial charge in [0.2, 0.25) is 5.91 Å². The summed E-state index contributed by atoms with van der Waals surface area (Å²) in [5, 5.41) is 0. The first-order chi connectivity index (χ1) is 9.15.